The average molecular weight is 1080 g/mol. The van der Waals surface area contributed by atoms with Crippen molar-refractivity contribution in [1.82, 2.24) is 10.6 Å². The average Bonchev–Trinajstić information content (AvgIpc) is 3.74. The number of allylic oxidation sites excluding steroid dienone is 2. The van der Waals surface area contributed by atoms with Crippen molar-refractivity contribution in [3.05, 3.63) is 330 Å². The van der Waals surface area contributed by atoms with E-state index < -0.39 is 0 Å². The molecule has 0 aromatic heterocycles. The van der Waals surface area contributed by atoms with Crippen LogP contribution in [0.4, 0.5) is 11.4 Å². The first-order valence-corrected chi connectivity index (χ1v) is 29.4. The summed E-state index contributed by atoms with van der Waals surface area (Å²) in [4.78, 5) is 0. The summed E-state index contributed by atoms with van der Waals surface area (Å²) in [5.74, 6) is 0.535. The molecule has 83 heavy (non-hydrogen) atoms. The molecular formula is C79H74N4. The minimum absolute atomic E-state index is 0.0164. The summed E-state index contributed by atoms with van der Waals surface area (Å²) in [5, 5.41) is 25.9. The fraction of sp³-hybridized carbons (Fsp3) is 0.139. The number of anilines is 2. The standard InChI is InChI=1S/C56H42N4.C13H16.C8H10.C2H6/c1-3-15-41-39(13-1)33-49(45-19-7-5-17-43(41)45)53-47-21-9-11-23-51(47)57-55(59-53)37-29-25-35(26-30-37)36-27-31-38(32-28-36)56-58-52-24-12-10-22-48(52)54(60-56)50-34-40-14-2-4-16-42(40)44-18-6-8-20-46(44)50;1-5-11(4)13-9-7-6-8-12(13)10(2)3;1-7-5-3-4-6-8(7)2;1-2/h1-34,53-60H;5-10H,1,4H2,2-3H3;3-6H,1-2H3;1-2H3. The van der Waals surface area contributed by atoms with Gasteiger partial charge in [0.25, 0.3) is 0 Å². The summed E-state index contributed by atoms with van der Waals surface area (Å²) < 4.78 is 0. The second-order valence-corrected chi connectivity index (χ2v) is 21.8. The van der Waals surface area contributed by atoms with Crippen LogP contribution >= 0.6 is 0 Å². The molecule has 4 N–H and O–H groups in total. The van der Waals surface area contributed by atoms with E-state index in [-0.39, 0.29) is 24.4 Å². The lowest BCUT2D eigenvalue weighted by Gasteiger charge is -2.36. The predicted octanol–water partition coefficient (Wildman–Crippen LogP) is 20.9. The molecule has 0 saturated carbocycles. The second-order valence-electron chi connectivity index (χ2n) is 21.8. The van der Waals surface area contributed by atoms with Crippen molar-refractivity contribution in [1.29, 1.82) is 0 Å². The molecule has 0 radical (unpaired) electrons. The Hall–Kier alpha value is -9.32. The van der Waals surface area contributed by atoms with E-state index in [4.69, 9.17) is 0 Å². The molecule has 2 aliphatic heterocycles. The number of hydrogen-bond donors (Lipinski definition) is 4. The van der Waals surface area contributed by atoms with Crippen molar-refractivity contribution < 1.29 is 0 Å². The van der Waals surface area contributed by atoms with Crippen LogP contribution in [0.2, 0.25) is 0 Å². The lowest BCUT2D eigenvalue weighted by atomic mass is 9.87. The molecule has 4 nitrogen and oxygen atoms in total. The molecule has 0 spiro atoms. The van der Waals surface area contributed by atoms with Gasteiger partial charge in [-0.15, -0.1) is 0 Å². The first kappa shape index (κ1) is 55.6. The van der Waals surface area contributed by atoms with Crippen LogP contribution in [0.5, 0.6) is 0 Å². The molecule has 2 aliphatic rings. The molecule has 12 aromatic carbocycles. The molecule has 4 heteroatoms. The van der Waals surface area contributed by atoms with Crippen molar-refractivity contribution in [3.63, 3.8) is 0 Å². The molecule has 12 aromatic rings. The summed E-state index contributed by atoms with van der Waals surface area (Å²) in [5.41, 5.74) is 18.5. The number of fused-ring (bicyclic) bond motifs is 8. The maximum atomic E-state index is 4.02. The summed E-state index contributed by atoms with van der Waals surface area (Å²) in [7, 11) is 0. The number of benzene rings is 12. The molecule has 410 valence electrons. The van der Waals surface area contributed by atoms with Gasteiger partial charge in [0.2, 0.25) is 0 Å². The molecular weight excluding hydrogens is 1000 g/mol. The maximum Gasteiger partial charge on any atom is 0.104 e. The van der Waals surface area contributed by atoms with Gasteiger partial charge in [0.05, 0.1) is 12.1 Å². The van der Waals surface area contributed by atoms with Gasteiger partial charge < -0.3 is 10.6 Å². The van der Waals surface area contributed by atoms with Gasteiger partial charge in [0.15, 0.2) is 0 Å². The van der Waals surface area contributed by atoms with Crippen LogP contribution in [0.1, 0.15) is 114 Å². The number of para-hydroxylation sites is 2. The predicted molar refractivity (Wildman–Crippen MR) is 357 cm³/mol. The molecule has 0 saturated heterocycles. The van der Waals surface area contributed by atoms with Crippen LogP contribution in [-0.2, 0) is 0 Å². The fourth-order valence-corrected chi connectivity index (χ4v) is 12.0. The Bertz CT molecular complexity index is 4010. The Kier molecular flexibility index (Phi) is 16.9. The Morgan fingerprint density at radius 3 is 1.18 bits per heavy atom. The first-order valence-electron chi connectivity index (χ1n) is 29.4. The molecule has 4 atom stereocenters. The molecule has 0 aliphatic carbocycles. The van der Waals surface area contributed by atoms with Gasteiger partial charge in [-0.2, -0.15) is 0 Å². The zero-order valence-electron chi connectivity index (χ0n) is 48.6. The van der Waals surface area contributed by atoms with Gasteiger partial charge in [-0.25, -0.2) is 0 Å². The van der Waals surface area contributed by atoms with E-state index in [1.54, 1.807) is 6.08 Å². The third-order valence-corrected chi connectivity index (χ3v) is 16.5. The normalized spacial score (nSPS) is 15.9. The van der Waals surface area contributed by atoms with E-state index in [1.165, 1.54) is 110 Å². The van der Waals surface area contributed by atoms with Gasteiger partial charge in [0.1, 0.15) is 12.3 Å². The van der Waals surface area contributed by atoms with E-state index in [1.807, 2.05) is 19.9 Å². The molecule has 4 unspecified atom stereocenters. The van der Waals surface area contributed by atoms with Crippen LogP contribution < -0.4 is 21.3 Å². The van der Waals surface area contributed by atoms with Gasteiger partial charge in [-0.3, -0.25) is 10.6 Å². The first-order chi connectivity index (χ1) is 40.7. The lowest BCUT2D eigenvalue weighted by Crippen LogP contribution is -2.37. The van der Waals surface area contributed by atoms with Gasteiger partial charge in [-0.1, -0.05) is 277 Å². The number of rotatable bonds is 8. The van der Waals surface area contributed by atoms with Gasteiger partial charge in [0, 0.05) is 11.4 Å². The fourth-order valence-electron chi connectivity index (χ4n) is 12.0. The van der Waals surface area contributed by atoms with Gasteiger partial charge >= 0.3 is 0 Å². The van der Waals surface area contributed by atoms with Crippen LogP contribution in [0.25, 0.3) is 59.8 Å². The monoisotopic (exact) mass is 1080 g/mol. The van der Waals surface area contributed by atoms with E-state index in [2.05, 4.69) is 311 Å². The summed E-state index contributed by atoms with van der Waals surface area (Å²) >= 11 is 0. The Morgan fingerprint density at radius 1 is 0.398 bits per heavy atom. The van der Waals surface area contributed by atoms with Crippen molar-refractivity contribution in [3.8, 4) is 11.1 Å². The highest BCUT2D eigenvalue weighted by atomic mass is 15.2. The molecule has 0 amide bonds. The highest BCUT2D eigenvalue weighted by Gasteiger charge is 2.31. The SMILES string of the molecule is C=CC(=C)c1ccccc1C(C)C.CC.Cc1ccccc1C.c1ccc2c(c1)NC(c1ccc(-c3ccc(C4Nc5ccccc5C(c5cc6ccccc6c6ccccc56)N4)cc3)cc1)NC2c1cc2ccccc2c2ccccc12. The molecule has 0 fully saturated rings. The van der Waals surface area contributed by atoms with Crippen molar-refractivity contribution in [2.24, 2.45) is 0 Å². The molecule has 0 bridgehead atoms. The largest absolute Gasteiger partial charge is 0.366 e. The second kappa shape index (κ2) is 25.2. The van der Waals surface area contributed by atoms with E-state index in [0.29, 0.717) is 5.92 Å². The number of nitrogens with one attached hydrogen (secondary N) is 4. The summed E-state index contributed by atoms with van der Waals surface area (Å²) in [6, 6.07) is 92.1. The Balaban J connectivity index is 0.000000263. The minimum atomic E-state index is -0.0643. The van der Waals surface area contributed by atoms with E-state index in [0.717, 1.165) is 16.9 Å². The van der Waals surface area contributed by atoms with Crippen LogP contribution in [0, 0.1) is 13.8 Å². The van der Waals surface area contributed by atoms with E-state index in [9.17, 15) is 0 Å². The minimum Gasteiger partial charge on any atom is -0.366 e. The topological polar surface area (TPSA) is 48.1 Å². The molecule has 2 heterocycles. The number of aryl methyl sites for hydroxylation is 2. The summed E-state index contributed by atoms with van der Waals surface area (Å²) in [6.45, 7) is 20.3. The van der Waals surface area contributed by atoms with Crippen molar-refractivity contribution in [2.45, 2.75) is 71.9 Å². The maximum absolute atomic E-state index is 4.02. The number of hydrogen-bond acceptors (Lipinski definition) is 4. The highest BCUT2D eigenvalue weighted by molar-refractivity contribution is 6.10. The lowest BCUT2D eigenvalue weighted by molar-refractivity contribution is 0.508. The Labute approximate surface area is 491 Å². The quantitative estimate of drug-likeness (QED) is 0.0905. The third kappa shape index (κ3) is 11.6. The zero-order chi connectivity index (χ0) is 57.4. The van der Waals surface area contributed by atoms with Crippen LogP contribution in [-0.4, -0.2) is 0 Å². The summed E-state index contributed by atoms with van der Waals surface area (Å²) in [6.07, 6.45) is 1.68. The van der Waals surface area contributed by atoms with E-state index >= 15 is 0 Å². The highest BCUT2D eigenvalue weighted by Crippen LogP contribution is 2.44. The molecule has 14 rings (SSSR count). The van der Waals surface area contributed by atoms with Crippen molar-refractivity contribution >= 4 is 60.0 Å². The zero-order valence-corrected chi connectivity index (χ0v) is 48.6. The third-order valence-electron chi connectivity index (χ3n) is 16.5. The Morgan fingerprint density at radius 2 is 0.759 bits per heavy atom. The smallest absolute Gasteiger partial charge is 0.104 e. The van der Waals surface area contributed by atoms with Crippen LogP contribution in [0.3, 0.4) is 0 Å². The van der Waals surface area contributed by atoms with Gasteiger partial charge in [-0.05, 0) is 159 Å². The van der Waals surface area contributed by atoms with Crippen LogP contribution in [0.15, 0.2) is 274 Å². The van der Waals surface area contributed by atoms with Crippen molar-refractivity contribution in [2.75, 3.05) is 10.6 Å².